The summed E-state index contributed by atoms with van der Waals surface area (Å²) >= 11 is 0. The van der Waals surface area contributed by atoms with E-state index in [2.05, 4.69) is 4.99 Å². The summed E-state index contributed by atoms with van der Waals surface area (Å²) in [5, 5.41) is 0. The Kier molecular flexibility index (Phi) is 8.27. The molecule has 0 saturated carbocycles. The van der Waals surface area contributed by atoms with Gasteiger partial charge in [0, 0.05) is 41.0 Å². The number of guanidine groups is 1. The molecule has 84 valence electrons. The molecule has 0 amide bonds. The summed E-state index contributed by atoms with van der Waals surface area (Å²) in [4.78, 5) is 5.93. The van der Waals surface area contributed by atoms with Crippen LogP contribution < -0.4 is 5.73 Å². The summed E-state index contributed by atoms with van der Waals surface area (Å²) in [7, 11) is 5.05. The molecule has 14 heavy (non-hydrogen) atoms. The molecule has 5 heteroatoms. The highest BCUT2D eigenvalue weighted by Gasteiger charge is 2.05. The number of ether oxygens (including phenoxy) is 2. The van der Waals surface area contributed by atoms with Crippen molar-refractivity contribution in [1.82, 2.24) is 4.90 Å². The quantitative estimate of drug-likeness (QED) is 0.357. The second-order valence-electron chi connectivity index (χ2n) is 2.91. The SMILES string of the molecule is CN=C(N)N(CCCOC)CCOC. The Hall–Kier alpha value is -0.810. The largest absolute Gasteiger partial charge is 0.385 e. The molecule has 0 saturated heterocycles. The smallest absolute Gasteiger partial charge is 0.191 e. The Balaban J connectivity index is 3.85. The van der Waals surface area contributed by atoms with Gasteiger partial charge < -0.3 is 20.1 Å². The van der Waals surface area contributed by atoms with E-state index in [4.69, 9.17) is 15.2 Å². The lowest BCUT2D eigenvalue weighted by atomic mass is 10.4. The molecular weight excluding hydrogens is 182 g/mol. The van der Waals surface area contributed by atoms with Crippen LogP contribution in [0.5, 0.6) is 0 Å². The van der Waals surface area contributed by atoms with Gasteiger partial charge in [-0.15, -0.1) is 0 Å². The summed E-state index contributed by atoms with van der Waals surface area (Å²) in [5.41, 5.74) is 5.72. The van der Waals surface area contributed by atoms with E-state index in [1.807, 2.05) is 4.90 Å². The summed E-state index contributed by atoms with van der Waals surface area (Å²) in [6.07, 6.45) is 0.941. The standard InChI is InChI=1S/C9H21N3O2/c1-11-9(10)12(6-8-14-3)5-4-7-13-2/h4-8H2,1-3H3,(H2,10,11). The number of hydrogen-bond donors (Lipinski definition) is 1. The number of nitrogens with zero attached hydrogens (tertiary/aromatic N) is 2. The van der Waals surface area contributed by atoms with Crippen LogP contribution in [0, 0.1) is 0 Å². The third kappa shape index (κ3) is 5.77. The Bertz CT molecular complexity index is 162. The lowest BCUT2D eigenvalue weighted by Gasteiger charge is -2.22. The maximum Gasteiger partial charge on any atom is 0.191 e. The lowest BCUT2D eigenvalue weighted by Crippen LogP contribution is -2.40. The van der Waals surface area contributed by atoms with Gasteiger partial charge in [0.1, 0.15) is 0 Å². The molecule has 0 aromatic carbocycles. The number of rotatable bonds is 7. The van der Waals surface area contributed by atoms with Gasteiger partial charge in [-0.2, -0.15) is 0 Å². The van der Waals surface area contributed by atoms with Crippen molar-refractivity contribution in [1.29, 1.82) is 0 Å². The van der Waals surface area contributed by atoms with Crippen LogP contribution >= 0.6 is 0 Å². The van der Waals surface area contributed by atoms with E-state index in [9.17, 15) is 0 Å². The average molecular weight is 203 g/mol. The summed E-state index contributed by atoms with van der Waals surface area (Å²) in [6.45, 7) is 3.01. The van der Waals surface area contributed by atoms with Crippen molar-refractivity contribution in [3.05, 3.63) is 0 Å². The molecule has 0 atom stereocenters. The van der Waals surface area contributed by atoms with Crippen molar-refractivity contribution in [2.24, 2.45) is 10.7 Å². The molecular formula is C9H21N3O2. The van der Waals surface area contributed by atoms with Gasteiger partial charge in [0.15, 0.2) is 5.96 Å². The van der Waals surface area contributed by atoms with Crippen LogP contribution in [0.1, 0.15) is 6.42 Å². The molecule has 0 heterocycles. The molecule has 0 bridgehead atoms. The highest BCUT2D eigenvalue weighted by atomic mass is 16.5. The van der Waals surface area contributed by atoms with E-state index in [0.717, 1.165) is 26.1 Å². The van der Waals surface area contributed by atoms with Crippen molar-refractivity contribution in [3.63, 3.8) is 0 Å². The van der Waals surface area contributed by atoms with E-state index in [0.29, 0.717) is 12.6 Å². The van der Waals surface area contributed by atoms with Crippen LogP contribution in [0.2, 0.25) is 0 Å². The highest BCUT2D eigenvalue weighted by molar-refractivity contribution is 5.77. The summed E-state index contributed by atoms with van der Waals surface area (Å²) in [5.74, 6) is 0.554. The molecule has 5 nitrogen and oxygen atoms in total. The lowest BCUT2D eigenvalue weighted by molar-refractivity contribution is 0.160. The molecule has 0 rings (SSSR count). The second kappa shape index (κ2) is 8.77. The number of methoxy groups -OCH3 is 2. The maximum atomic E-state index is 5.72. The Labute approximate surface area is 85.9 Å². The fourth-order valence-electron chi connectivity index (χ4n) is 1.08. The monoisotopic (exact) mass is 203 g/mol. The predicted octanol–water partition coefficient (Wildman–Crippen LogP) is -0.0842. The Morgan fingerprint density at radius 2 is 1.86 bits per heavy atom. The first-order valence-electron chi connectivity index (χ1n) is 4.71. The van der Waals surface area contributed by atoms with E-state index >= 15 is 0 Å². The van der Waals surface area contributed by atoms with Crippen molar-refractivity contribution in [2.75, 3.05) is 47.6 Å². The average Bonchev–Trinajstić information content (AvgIpc) is 2.22. The van der Waals surface area contributed by atoms with Gasteiger partial charge in [-0.25, -0.2) is 0 Å². The molecule has 0 spiro atoms. The molecule has 0 aliphatic carbocycles. The first-order chi connectivity index (χ1) is 6.76. The normalized spacial score (nSPS) is 11.8. The minimum Gasteiger partial charge on any atom is -0.385 e. The number of hydrogen-bond acceptors (Lipinski definition) is 3. The second-order valence-corrected chi connectivity index (χ2v) is 2.91. The third-order valence-corrected chi connectivity index (χ3v) is 1.89. The molecule has 0 aromatic rings. The minimum atomic E-state index is 0.554. The molecule has 0 aromatic heterocycles. The van der Waals surface area contributed by atoms with E-state index in [1.54, 1.807) is 21.3 Å². The maximum absolute atomic E-state index is 5.72. The number of nitrogens with two attached hydrogens (primary N) is 1. The summed E-state index contributed by atoms with van der Waals surface area (Å²) in [6, 6.07) is 0. The zero-order chi connectivity index (χ0) is 10.8. The molecule has 2 N–H and O–H groups in total. The zero-order valence-electron chi connectivity index (χ0n) is 9.32. The molecule has 0 fully saturated rings. The van der Waals surface area contributed by atoms with Crippen molar-refractivity contribution in [2.45, 2.75) is 6.42 Å². The van der Waals surface area contributed by atoms with Gasteiger partial charge in [-0.05, 0) is 6.42 Å². The van der Waals surface area contributed by atoms with Crippen LogP contribution in [0.3, 0.4) is 0 Å². The van der Waals surface area contributed by atoms with E-state index in [1.165, 1.54) is 0 Å². The van der Waals surface area contributed by atoms with Gasteiger partial charge in [0.25, 0.3) is 0 Å². The Morgan fingerprint density at radius 3 is 2.36 bits per heavy atom. The molecule has 0 unspecified atom stereocenters. The van der Waals surface area contributed by atoms with E-state index in [-0.39, 0.29) is 0 Å². The van der Waals surface area contributed by atoms with Gasteiger partial charge in [0.2, 0.25) is 0 Å². The third-order valence-electron chi connectivity index (χ3n) is 1.89. The van der Waals surface area contributed by atoms with Gasteiger partial charge in [-0.3, -0.25) is 4.99 Å². The van der Waals surface area contributed by atoms with Crippen LogP contribution in [0.25, 0.3) is 0 Å². The van der Waals surface area contributed by atoms with Gasteiger partial charge in [-0.1, -0.05) is 0 Å². The topological polar surface area (TPSA) is 60.1 Å². The van der Waals surface area contributed by atoms with Crippen LogP contribution in [-0.4, -0.2) is 58.4 Å². The van der Waals surface area contributed by atoms with Crippen LogP contribution in [-0.2, 0) is 9.47 Å². The first-order valence-corrected chi connectivity index (χ1v) is 4.71. The van der Waals surface area contributed by atoms with Crippen molar-refractivity contribution < 1.29 is 9.47 Å². The first kappa shape index (κ1) is 13.2. The van der Waals surface area contributed by atoms with Gasteiger partial charge in [0.05, 0.1) is 6.61 Å². The van der Waals surface area contributed by atoms with Crippen LogP contribution in [0.4, 0.5) is 0 Å². The summed E-state index contributed by atoms with van der Waals surface area (Å²) < 4.78 is 9.96. The fourth-order valence-corrected chi connectivity index (χ4v) is 1.08. The molecule has 0 radical (unpaired) electrons. The fraction of sp³-hybridized carbons (Fsp3) is 0.889. The number of aliphatic imine (C=N–C) groups is 1. The highest BCUT2D eigenvalue weighted by Crippen LogP contribution is 1.92. The van der Waals surface area contributed by atoms with Crippen molar-refractivity contribution >= 4 is 5.96 Å². The van der Waals surface area contributed by atoms with E-state index < -0.39 is 0 Å². The minimum absolute atomic E-state index is 0.554. The van der Waals surface area contributed by atoms with Crippen LogP contribution in [0.15, 0.2) is 4.99 Å². The predicted molar refractivity (Wildman–Crippen MR) is 57.5 cm³/mol. The van der Waals surface area contributed by atoms with Gasteiger partial charge >= 0.3 is 0 Å². The Morgan fingerprint density at radius 1 is 1.21 bits per heavy atom. The van der Waals surface area contributed by atoms with Crippen molar-refractivity contribution in [3.8, 4) is 0 Å². The zero-order valence-corrected chi connectivity index (χ0v) is 9.32. The molecule has 0 aliphatic rings. The molecule has 0 aliphatic heterocycles.